The van der Waals surface area contributed by atoms with Gasteiger partial charge in [-0.15, -0.1) is 0 Å². The Labute approximate surface area is 250 Å². The number of benzene rings is 4. The second-order valence-electron chi connectivity index (χ2n) is 10.6. The van der Waals surface area contributed by atoms with Crippen LogP contribution in [-0.4, -0.2) is 33.8 Å². The maximum Gasteiger partial charge on any atom is 0.255 e. The molecule has 2 unspecified atom stereocenters. The first-order chi connectivity index (χ1) is 21.1. The summed E-state index contributed by atoms with van der Waals surface area (Å²) < 4.78 is 21.9. The molecule has 218 valence electrons. The molecule has 0 bridgehead atoms. The van der Waals surface area contributed by atoms with Crippen molar-refractivity contribution in [3.63, 3.8) is 0 Å². The molecule has 6 rings (SSSR count). The number of halogens is 1. The van der Waals surface area contributed by atoms with E-state index in [4.69, 9.17) is 4.74 Å². The van der Waals surface area contributed by atoms with Crippen LogP contribution in [0.1, 0.15) is 51.2 Å². The van der Waals surface area contributed by atoms with Crippen LogP contribution in [0.15, 0.2) is 110 Å². The minimum atomic E-state index is -0.744. The van der Waals surface area contributed by atoms with Gasteiger partial charge in [-0.25, -0.2) is 9.37 Å². The lowest BCUT2D eigenvalue weighted by Gasteiger charge is -2.28. The van der Waals surface area contributed by atoms with E-state index >= 15 is 0 Å². The van der Waals surface area contributed by atoms with Crippen molar-refractivity contribution >= 4 is 5.91 Å². The molecular weight excluding hydrogens is 543 g/mol. The van der Waals surface area contributed by atoms with Gasteiger partial charge in [0.05, 0.1) is 36.8 Å². The summed E-state index contributed by atoms with van der Waals surface area (Å²) in [7, 11) is 0. The number of para-hydroxylation sites is 1. The van der Waals surface area contributed by atoms with Crippen LogP contribution in [0.5, 0.6) is 5.75 Å². The van der Waals surface area contributed by atoms with E-state index < -0.39 is 17.8 Å². The third-order valence-corrected chi connectivity index (χ3v) is 7.80. The Morgan fingerprint density at radius 1 is 1.00 bits per heavy atom. The lowest BCUT2D eigenvalue weighted by atomic mass is 9.96. The van der Waals surface area contributed by atoms with Crippen molar-refractivity contribution in [1.29, 1.82) is 0 Å². The van der Waals surface area contributed by atoms with E-state index in [9.17, 15) is 14.3 Å². The SMILES string of the molecule is O=C(NC(CO)c1cccc(F)c1)c1cccc2c1OCCC2NCc1cncn1Cc1ccc(-c2ccccc2)cc1. The number of amides is 1. The summed E-state index contributed by atoms with van der Waals surface area (Å²) in [6, 6.07) is 29.5. The van der Waals surface area contributed by atoms with Crippen LogP contribution in [0.3, 0.4) is 0 Å². The number of hydrogen-bond acceptors (Lipinski definition) is 5. The standard InChI is InChI=1S/C35H33FN4O3/c36-28-9-4-8-27(18-28)33(22-41)39-35(42)31-11-5-10-30-32(16-17-43-34(30)31)38-20-29-19-37-23-40(29)21-24-12-14-26(15-13-24)25-6-2-1-3-7-25/h1-15,18-19,23,32-33,38,41H,16-17,20-22H2,(H,39,42). The first-order valence-electron chi connectivity index (χ1n) is 14.4. The predicted octanol–water partition coefficient (Wildman–Crippen LogP) is 5.81. The molecule has 1 aliphatic heterocycles. The Bertz CT molecular complexity index is 1690. The maximum atomic E-state index is 13.7. The molecule has 0 radical (unpaired) electrons. The van der Waals surface area contributed by atoms with E-state index in [2.05, 4.69) is 56.6 Å². The molecule has 1 aromatic heterocycles. The van der Waals surface area contributed by atoms with Crippen molar-refractivity contribution in [3.8, 4) is 16.9 Å². The number of aromatic nitrogens is 2. The van der Waals surface area contributed by atoms with Crippen molar-refractivity contribution in [2.45, 2.75) is 31.6 Å². The van der Waals surface area contributed by atoms with Gasteiger partial charge >= 0.3 is 0 Å². The minimum absolute atomic E-state index is 0.0261. The Morgan fingerprint density at radius 3 is 2.58 bits per heavy atom. The van der Waals surface area contributed by atoms with Gasteiger partial charge in [-0.3, -0.25) is 4.79 Å². The highest BCUT2D eigenvalue weighted by molar-refractivity contribution is 5.97. The molecule has 4 aromatic carbocycles. The smallest absolute Gasteiger partial charge is 0.255 e. The Kier molecular flexibility index (Phi) is 8.58. The van der Waals surface area contributed by atoms with Crippen molar-refractivity contribution in [2.24, 2.45) is 0 Å². The lowest BCUT2D eigenvalue weighted by Crippen LogP contribution is -2.33. The number of carbonyl (C=O) groups excluding carboxylic acids is 1. The van der Waals surface area contributed by atoms with E-state index in [-0.39, 0.29) is 12.6 Å². The highest BCUT2D eigenvalue weighted by atomic mass is 19.1. The molecule has 0 fully saturated rings. The molecule has 0 aliphatic carbocycles. The van der Waals surface area contributed by atoms with Crippen LogP contribution in [0.25, 0.3) is 11.1 Å². The second kappa shape index (κ2) is 13.0. The van der Waals surface area contributed by atoms with Gasteiger partial charge in [0.25, 0.3) is 5.91 Å². The van der Waals surface area contributed by atoms with E-state index in [0.29, 0.717) is 36.6 Å². The van der Waals surface area contributed by atoms with Crippen LogP contribution in [0.4, 0.5) is 4.39 Å². The molecule has 5 aromatic rings. The van der Waals surface area contributed by atoms with Gasteiger partial charge in [0.1, 0.15) is 11.6 Å². The lowest BCUT2D eigenvalue weighted by molar-refractivity contribution is 0.0910. The van der Waals surface area contributed by atoms with Crippen molar-refractivity contribution in [1.82, 2.24) is 20.2 Å². The molecule has 1 aliphatic rings. The summed E-state index contributed by atoms with van der Waals surface area (Å²) in [4.78, 5) is 17.7. The number of carbonyl (C=O) groups is 1. The summed E-state index contributed by atoms with van der Waals surface area (Å²) in [5.74, 6) is -0.300. The fourth-order valence-electron chi connectivity index (χ4n) is 5.50. The Morgan fingerprint density at radius 2 is 1.79 bits per heavy atom. The van der Waals surface area contributed by atoms with Crippen LogP contribution in [0, 0.1) is 5.82 Å². The van der Waals surface area contributed by atoms with Gasteiger partial charge in [-0.2, -0.15) is 0 Å². The summed E-state index contributed by atoms with van der Waals surface area (Å²) in [6.07, 6.45) is 4.46. The first-order valence-corrected chi connectivity index (χ1v) is 14.4. The largest absolute Gasteiger partial charge is 0.492 e. The third-order valence-electron chi connectivity index (χ3n) is 7.80. The Hall–Kier alpha value is -4.79. The highest BCUT2D eigenvalue weighted by Gasteiger charge is 2.27. The molecule has 8 heteroatoms. The van der Waals surface area contributed by atoms with Crippen molar-refractivity contribution in [2.75, 3.05) is 13.2 Å². The minimum Gasteiger partial charge on any atom is -0.492 e. The molecule has 0 spiro atoms. The molecule has 2 atom stereocenters. The van der Waals surface area contributed by atoms with E-state index in [0.717, 1.165) is 17.7 Å². The predicted molar refractivity (Wildman–Crippen MR) is 163 cm³/mol. The number of fused-ring (bicyclic) bond motifs is 1. The maximum absolute atomic E-state index is 13.7. The zero-order valence-corrected chi connectivity index (χ0v) is 23.6. The van der Waals surface area contributed by atoms with Gasteiger partial charge in [0.15, 0.2) is 0 Å². The highest BCUT2D eigenvalue weighted by Crippen LogP contribution is 2.35. The van der Waals surface area contributed by atoms with Gasteiger partial charge in [-0.1, -0.05) is 78.9 Å². The monoisotopic (exact) mass is 576 g/mol. The number of imidazole rings is 1. The molecular formula is C35H33FN4O3. The van der Waals surface area contributed by atoms with Crippen LogP contribution in [0.2, 0.25) is 0 Å². The van der Waals surface area contributed by atoms with Gasteiger partial charge < -0.3 is 25.0 Å². The molecule has 0 saturated carbocycles. The molecule has 3 N–H and O–H groups in total. The van der Waals surface area contributed by atoms with Crippen LogP contribution in [-0.2, 0) is 13.1 Å². The number of aliphatic hydroxyl groups is 1. The summed E-state index contributed by atoms with van der Waals surface area (Å²) in [6.45, 7) is 1.39. The van der Waals surface area contributed by atoms with Crippen molar-refractivity contribution in [3.05, 3.63) is 143 Å². The molecule has 7 nitrogen and oxygen atoms in total. The van der Waals surface area contributed by atoms with Crippen molar-refractivity contribution < 1.29 is 19.0 Å². The summed E-state index contributed by atoms with van der Waals surface area (Å²) in [5.41, 5.74) is 6.38. The third kappa shape index (κ3) is 6.51. The second-order valence-corrected chi connectivity index (χ2v) is 10.6. The van der Waals surface area contributed by atoms with E-state index in [1.807, 2.05) is 42.9 Å². The number of nitrogens with one attached hydrogen (secondary N) is 2. The zero-order chi connectivity index (χ0) is 29.6. The normalized spacial score (nSPS) is 14.9. The first kappa shape index (κ1) is 28.3. The summed E-state index contributed by atoms with van der Waals surface area (Å²) in [5, 5.41) is 16.4. The van der Waals surface area contributed by atoms with E-state index in [1.54, 1.807) is 18.2 Å². The van der Waals surface area contributed by atoms with Gasteiger partial charge in [0, 0.05) is 37.3 Å². The fourth-order valence-corrected chi connectivity index (χ4v) is 5.50. The number of ether oxygens (including phenoxy) is 1. The average molecular weight is 577 g/mol. The number of hydrogen-bond donors (Lipinski definition) is 3. The quantitative estimate of drug-likeness (QED) is 0.195. The van der Waals surface area contributed by atoms with Crippen LogP contribution < -0.4 is 15.4 Å². The molecule has 43 heavy (non-hydrogen) atoms. The van der Waals surface area contributed by atoms with Crippen LogP contribution >= 0.6 is 0 Å². The molecule has 0 saturated heterocycles. The van der Waals surface area contributed by atoms with Gasteiger partial charge in [0.2, 0.25) is 0 Å². The number of aliphatic hydroxyl groups excluding tert-OH is 1. The number of rotatable bonds is 10. The number of nitrogens with zero attached hydrogens (tertiary/aromatic N) is 2. The average Bonchev–Trinajstić information content (AvgIpc) is 3.49. The topological polar surface area (TPSA) is 88.4 Å². The van der Waals surface area contributed by atoms with Gasteiger partial charge in [-0.05, 0) is 40.5 Å². The zero-order valence-electron chi connectivity index (χ0n) is 23.6. The summed E-state index contributed by atoms with van der Waals surface area (Å²) >= 11 is 0. The molecule has 1 amide bonds. The molecule has 2 heterocycles. The fraction of sp³-hybridized carbons (Fsp3) is 0.200. The Balaban J connectivity index is 1.13. The van der Waals surface area contributed by atoms with E-state index in [1.165, 1.54) is 28.8 Å².